The Morgan fingerprint density at radius 2 is 2.27 bits per heavy atom. The van der Waals surface area contributed by atoms with Crippen LogP contribution in [0.25, 0.3) is 0 Å². The molecule has 1 aliphatic rings. The standard InChI is InChI=1S/C12H16N2O/c1-9(2)10-5-6-13-11(8-10)14-7-3-4-12(14)15/h5-6,8-9H,3-4,7H2,1-2H3. The zero-order valence-corrected chi connectivity index (χ0v) is 9.23. The maximum absolute atomic E-state index is 11.5. The Kier molecular flexibility index (Phi) is 2.71. The molecule has 0 saturated carbocycles. The molecule has 15 heavy (non-hydrogen) atoms. The van der Waals surface area contributed by atoms with Gasteiger partial charge in [0.05, 0.1) is 0 Å². The van der Waals surface area contributed by atoms with Crippen molar-refractivity contribution >= 4 is 11.7 Å². The molecule has 1 fully saturated rings. The summed E-state index contributed by atoms with van der Waals surface area (Å²) in [4.78, 5) is 17.6. The van der Waals surface area contributed by atoms with Gasteiger partial charge in [0.25, 0.3) is 0 Å². The summed E-state index contributed by atoms with van der Waals surface area (Å²) in [5.41, 5.74) is 1.24. The highest BCUT2D eigenvalue weighted by molar-refractivity contribution is 5.94. The van der Waals surface area contributed by atoms with Crippen molar-refractivity contribution < 1.29 is 4.79 Å². The Morgan fingerprint density at radius 1 is 1.47 bits per heavy atom. The predicted octanol–water partition coefficient (Wildman–Crippen LogP) is 2.33. The quantitative estimate of drug-likeness (QED) is 0.740. The molecule has 3 heteroatoms. The summed E-state index contributed by atoms with van der Waals surface area (Å²) in [6.07, 6.45) is 3.40. The van der Waals surface area contributed by atoms with Gasteiger partial charge in [-0.1, -0.05) is 13.8 Å². The Labute approximate surface area is 90.1 Å². The van der Waals surface area contributed by atoms with E-state index in [1.165, 1.54) is 5.56 Å². The molecule has 2 heterocycles. The topological polar surface area (TPSA) is 33.2 Å². The van der Waals surface area contributed by atoms with Crippen LogP contribution in [0.3, 0.4) is 0 Å². The lowest BCUT2D eigenvalue weighted by atomic mass is 10.1. The molecule has 0 aliphatic carbocycles. The molecule has 0 bridgehead atoms. The fourth-order valence-corrected chi connectivity index (χ4v) is 1.83. The second-order valence-corrected chi connectivity index (χ2v) is 4.25. The van der Waals surface area contributed by atoms with Gasteiger partial charge in [0, 0.05) is 19.2 Å². The molecule has 0 N–H and O–H groups in total. The summed E-state index contributed by atoms with van der Waals surface area (Å²) in [5, 5.41) is 0. The maximum Gasteiger partial charge on any atom is 0.228 e. The SMILES string of the molecule is CC(C)c1ccnc(N2CCCC2=O)c1. The number of rotatable bonds is 2. The highest BCUT2D eigenvalue weighted by Gasteiger charge is 2.22. The molecular weight excluding hydrogens is 188 g/mol. The normalized spacial score (nSPS) is 16.5. The first-order valence-electron chi connectivity index (χ1n) is 5.45. The number of pyridine rings is 1. The van der Waals surface area contributed by atoms with E-state index in [4.69, 9.17) is 0 Å². The number of nitrogens with zero attached hydrogens (tertiary/aromatic N) is 2. The first-order valence-corrected chi connectivity index (χ1v) is 5.45. The van der Waals surface area contributed by atoms with Gasteiger partial charge in [0.15, 0.2) is 0 Å². The second-order valence-electron chi connectivity index (χ2n) is 4.25. The molecule has 80 valence electrons. The lowest BCUT2D eigenvalue weighted by Gasteiger charge is -2.16. The Bertz CT molecular complexity index is 374. The van der Waals surface area contributed by atoms with Gasteiger partial charge in [-0.25, -0.2) is 4.98 Å². The van der Waals surface area contributed by atoms with Crippen molar-refractivity contribution in [3.63, 3.8) is 0 Å². The molecule has 0 spiro atoms. The number of aromatic nitrogens is 1. The molecule has 3 nitrogen and oxygen atoms in total. The van der Waals surface area contributed by atoms with Gasteiger partial charge >= 0.3 is 0 Å². The van der Waals surface area contributed by atoms with Crippen LogP contribution in [0.15, 0.2) is 18.3 Å². The number of hydrogen-bond acceptors (Lipinski definition) is 2. The molecule has 1 aromatic heterocycles. The number of amides is 1. The molecule has 1 saturated heterocycles. The van der Waals surface area contributed by atoms with Crippen molar-refractivity contribution in [3.8, 4) is 0 Å². The summed E-state index contributed by atoms with van der Waals surface area (Å²) in [6.45, 7) is 5.10. The summed E-state index contributed by atoms with van der Waals surface area (Å²) in [6, 6.07) is 4.03. The van der Waals surface area contributed by atoms with Gasteiger partial charge in [-0.3, -0.25) is 9.69 Å². The third-order valence-electron chi connectivity index (χ3n) is 2.79. The van der Waals surface area contributed by atoms with E-state index < -0.39 is 0 Å². The smallest absolute Gasteiger partial charge is 0.228 e. The number of carbonyl (C=O) groups excluding carboxylic acids is 1. The van der Waals surface area contributed by atoms with Crippen LogP contribution in [-0.2, 0) is 4.79 Å². The van der Waals surface area contributed by atoms with Crippen molar-refractivity contribution in [2.45, 2.75) is 32.6 Å². The number of hydrogen-bond donors (Lipinski definition) is 0. The monoisotopic (exact) mass is 204 g/mol. The first kappa shape index (κ1) is 10.1. The van der Waals surface area contributed by atoms with Crippen LogP contribution in [0.1, 0.15) is 38.2 Å². The Morgan fingerprint density at radius 3 is 2.87 bits per heavy atom. The van der Waals surface area contributed by atoms with E-state index in [9.17, 15) is 4.79 Å². The number of carbonyl (C=O) groups is 1. The minimum atomic E-state index is 0.198. The van der Waals surface area contributed by atoms with Crippen LogP contribution in [0.2, 0.25) is 0 Å². The first-order chi connectivity index (χ1) is 7.18. The van der Waals surface area contributed by atoms with Gasteiger partial charge in [0.2, 0.25) is 5.91 Å². The molecular formula is C12H16N2O. The average Bonchev–Trinajstić information content (AvgIpc) is 2.64. The Hall–Kier alpha value is -1.38. The van der Waals surface area contributed by atoms with Crippen LogP contribution in [0.4, 0.5) is 5.82 Å². The molecule has 1 amide bonds. The summed E-state index contributed by atoms with van der Waals surface area (Å²) in [5.74, 6) is 1.48. The third-order valence-corrected chi connectivity index (χ3v) is 2.79. The predicted molar refractivity (Wildman–Crippen MR) is 59.9 cm³/mol. The van der Waals surface area contributed by atoms with E-state index in [1.54, 1.807) is 11.1 Å². The van der Waals surface area contributed by atoms with Crippen LogP contribution >= 0.6 is 0 Å². The third kappa shape index (κ3) is 2.01. The van der Waals surface area contributed by atoms with E-state index in [2.05, 4.69) is 18.8 Å². The van der Waals surface area contributed by atoms with Crippen LogP contribution in [0, 0.1) is 0 Å². The number of anilines is 1. The van der Waals surface area contributed by atoms with Crippen molar-refractivity contribution in [2.24, 2.45) is 0 Å². The maximum atomic E-state index is 11.5. The zero-order valence-electron chi connectivity index (χ0n) is 9.23. The van der Waals surface area contributed by atoms with Gasteiger partial charge in [-0.05, 0) is 30.0 Å². The largest absolute Gasteiger partial charge is 0.297 e. The second kappa shape index (κ2) is 4.01. The minimum absolute atomic E-state index is 0.198. The van der Waals surface area contributed by atoms with Gasteiger partial charge in [0.1, 0.15) is 5.82 Å². The van der Waals surface area contributed by atoms with Gasteiger partial charge < -0.3 is 0 Å². The zero-order chi connectivity index (χ0) is 10.8. The van der Waals surface area contributed by atoms with E-state index >= 15 is 0 Å². The van der Waals surface area contributed by atoms with E-state index in [0.717, 1.165) is 18.8 Å². The van der Waals surface area contributed by atoms with Crippen molar-refractivity contribution in [1.82, 2.24) is 4.98 Å². The Balaban J connectivity index is 2.28. The van der Waals surface area contributed by atoms with Crippen LogP contribution in [-0.4, -0.2) is 17.4 Å². The van der Waals surface area contributed by atoms with Crippen molar-refractivity contribution in [2.75, 3.05) is 11.4 Å². The highest BCUT2D eigenvalue weighted by Crippen LogP contribution is 2.22. The fraction of sp³-hybridized carbons (Fsp3) is 0.500. The minimum Gasteiger partial charge on any atom is -0.297 e. The molecule has 0 unspecified atom stereocenters. The fourth-order valence-electron chi connectivity index (χ4n) is 1.83. The molecule has 0 radical (unpaired) electrons. The highest BCUT2D eigenvalue weighted by atomic mass is 16.2. The van der Waals surface area contributed by atoms with Gasteiger partial charge in [-0.15, -0.1) is 0 Å². The average molecular weight is 204 g/mol. The molecule has 1 aliphatic heterocycles. The molecule has 2 rings (SSSR count). The molecule has 0 atom stereocenters. The van der Waals surface area contributed by atoms with E-state index in [0.29, 0.717) is 12.3 Å². The summed E-state index contributed by atoms with van der Waals surface area (Å²) in [7, 11) is 0. The van der Waals surface area contributed by atoms with E-state index in [1.807, 2.05) is 12.1 Å². The molecule has 1 aromatic rings. The van der Waals surface area contributed by atoms with Crippen molar-refractivity contribution in [3.05, 3.63) is 23.9 Å². The van der Waals surface area contributed by atoms with E-state index in [-0.39, 0.29) is 5.91 Å². The lowest BCUT2D eigenvalue weighted by Crippen LogP contribution is -2.24. The lowest BCUT2D eigenvalue weighted by molar-refractivity contribution is -0.117. The van der Waals surface area contributed by atoms with Gasteiger partial charge in [-0.2, -0.15) is 0 Å². The van der Waals surface area contributed by atoms with Crippen LogP contribution in [0.5, 0.6) is 0 Å². The molecule has 0 aromatic carbocycles. The summed E-state index contributed by atoms with van der Waals surface area (Å²) < 4.78 is 0. The summed E-state index contributed by atoms with van der Waals surface area (Å²) >= 11 is 0. The van der Waals surface area contributed by atoms with Crippen LogP contribution < -0.4 is 4.90 Å². The van der Waals surface area contributed by atoms with Crippen molar-refractivity contribution in [1.29, 1.82) is 0 Å².